The molecule has 0 atom stereocenters. The minimum absolute atomic E-state index is 0.353. The topological polar surface area (TPSA) is 27.7 Å². The first-order valence-electron chi connectivity index (χ1n) is 6.55. The lowest BCUT2D eigenvalue weighted by molar-refractivity contribution is -0.141. The van der Waals surface area contributed by atoms with Gasteiger partial charge in [0.05, 0.1) is 7.11 Å². The molecule has 0 saturated carbocycles. The molecule has 0 unspecified atom stereocenters. The molecule has 3 nitrogen and oxygen atoms in total. The molecule has 1 rings (SSSR count). The zero-order chi connectivity index (χ0) is 13.5. The Labute approximate surface area is 110 Å². The van der Waals surface area contributed by atoms with Gasteiger partial charge in [0.1, 0.15) is 5.75 Å². The van der Waals surface area contributed by atoms with Crippen LogP contribution in [0.25, 0.3) is 0 Å². The van der Waals surface area contributed by atoms with Crippen molar-refractivity contribution in [2.75, 3.05) is 20.3 Å². The largest absolute Gasteiger partial charge is 0.496 e. The maximum absolute atomic E-state index is 5.64. The minimum Gasteiger partial charge on any atom is -0.496 e. The molecule has 18 heavy (non-hydrogen) atoms. The predicted octanol–water partition coefficient (Wildman–Crippen LogP) is 3.89. The van der Waals surface area contributed by atoms with Crippen LogP contribution < -0.4 is 4.74 Å². The predicted molar refractivity (Wildman–Crippen MR) is 73.1 cm³/mol. The van der Waals surface area contributed by atoms with Crippen LogP contribution >= 0.6 is 0 Å². The van der Waals surface area contributed by atoms with Crippen molar-refractivity contribution in [3.8, 4) is 5.75 Å². The van der Waals surface area contributed by atoms with Gasteiger partial charge in [-0.05, 0) is 37.5 Å². The summed E-state index contributed by atoms with van der Waals surface area (Å²) in [5.41, 5.74) is 2.22. The van der Waals surface area contributed by atoms with Crippen molar-refractivity contribution < 1.29 is 14.2 Å². The highest BCUT2D eigenvalue weighted by Crippen LogP contribution is 2.31. The van der Waals surface area contributed by atoms with Crippen molar-refractivity contribution in [2.45, 2.75) is 39.9 Å². The van der Waals surface area contributed by atoms with Crippen LogP contribution in [0.2, 0.25) is 0 Å². The van der Waals surface area contributed by atoms with Gasteiger partial charge in [-0.2, -0.15) is 0 Å². The molecule has 0 saturated heterocycles. The first-order chi connectivity index (χ1) is 8.63. The molecular weight excluding hydrogens is 228 g/mol. The van der Waals surface area contributed by atoms with Crippen molar-refractivity contribution in [3.63, 3.8) is 0 Å². The lowest BCUT2D eigenvalue weighted by Crippen LogP contribution is -2.11. The van der Waals surface area contributed by atoms with E-state index in [1.54, 1.807) is 7.11 Å². The maximum atomic E-state index is 5.64. The summed E-state index contributed by atoms with van der Waals surface area (Å²) in [6, 6.07) is 6.18. The summed E-state index contributed by atoms with van der Waals surface area (Å²) in [5, 5.41) is 0. The van der Waals surface area contributed by atoms with Gasteiger partial charge in [-0.1, -0.05) is 19.9 Å². The molecule has 3 heteroatoms. The normalized spacial score (nSPS) is 11.3. The van der Waals surface area contributed by atoms with Crippen LogP contribution in [0.5, 0.6) is 5.75 Å². The summed E-state index contributed by atoms with van der Waals surface area (Å²) in [4.78, 5) is 0. The molecule has 1 aromatic rings. The van der Waals surface area contributed by atoms with Gasteiger partial charge < -0.3 is 14.2 Å². The molecule has 102 valence electrons. The Bertz CT molecular complexity index is 355. The van der Waals surface area contributed by atoms with Crippen molar-refractivity contribution in [1.29, 1.82) is 0 Å². The Morgan fingerprint density at radius 2 is 1.67 bits per heavy atom. The molecule has 0 spiro atoms. The van der Waals surface area contributed by atoms with E-state index >= 15 is 0 Å². The summed E-state index contributed by atoms with van der Waals surface area (Å²) in [7, 11) is 1.67. The highest BCUT2D eigenvalue weighted by molar-refractivity contribution is 5.39. The van der Waals surface area contributed by atoms with Gasteiger partial charge in [-0.3, -0.25) is 0 Å². The zero-order valence-electron chi connectivity index (χ0n) is 12.0. The van der Waals surface area contributed by atoms with Crippen LogP contribution in [0.1, 0.15) is 51.0 Å². The fourth-order valence-corrected chi connectivity index (χ4v) is 1.83. The molecule has 0 amide bonds. The average molecular weight is 252 g/mol. The standard InChI is InChI=1S/C15H24O3/c1-6-17-15(18-7-2)13-10-12(11(3)4)8-9-14(13)16-5/h8-11,15H,6-7H2,1-5H3. The zero-order valence-corrected chi connectivity index (χ0v) is 12.0. The molecule has 0 radical (unpaired) electrons. The van der Waals surface area contributed by atoms with Gasteiger partial charge in [-0.25, -0.2) is 0 Å². The Kier molecular flexibility index (Phi) is 6.16. The molecule has 1 aromatic carbocycles. The third kappa shape index (κ3) is 3.72. The molecular formula is C15H24O3. The maximum Gasteiger partial charge on any atom is 0.187 e. The second kappa shape index (κ2) is 7.39. The molecule has 0 aliphatic rings. The molecule has 0 N–H and O–H groups in total. The van der Waals surface area contributed by atoms with Crippen molar-refractivity contribution >= 4 is 0 Å². The van der Waals surface area contributed by atoms with E-state index < -0.39 is 0 Å². The first-order valence-corrected chi connectivity index (χ1v) is 6.55. The SMILES string of the molecule is CCOC(OCC)c1cc(C(C)C)ccc1OC. The highest BCUT2D eigenvalue weighted by atomic mass is 16.7. The highest BCUT2D eigenvalue weighted by Gasteiger charge is 2.17. The molecule has 0 aliphatic carbocycles. The molecule has 0 aliphatic heterocycles. The van der Waals surface area contributed by atoms with Crippen molar-refractivity contribution in [3.05, 3.63) is 29.3 Å². The minimum atomic E-state index is -0.353. The summed E-state index contributed by atoms with van der Waals surface area (Å²) in [5.74, 6) is 1.28. The third-order valence-corrected chi connectivity index (χ3v) is 2.81. The van der Waals surface area contributed by atoms with E-state index in [4.69, 9.17) is 14.2 Å². The van der Waals surface area contributed by atoms with Crippen molar-refractivity contribution in [1.82, 2.24) is 0 Å². The molecule has 0 heterocycles. The second-order valence-corrected chi connectivity index (χ2v) is 4.40. The fourth-order valence-electron chi connectivity index (χ4n) is 1.83. The van der Waals surface area contributed by atoms with Gasteiger partial charge in [0.25, 0.3) is 0 Å². The van der Waals surface area contributed by atoms with Crippen LogP contribution in [0, 0.1) is 0 Å². The molecule has 0 bridgehead atoms. The summed E-state index contributed by atoms with van der Waals surface area (Å²) < 4.78 is 16.7. The smallest absolute Gasteiger partial charge is 0.187 e. The Hall–Kier alpha value is -1.06. The first kappa shape index (κ1) is 15.0. The van der Waals surface area contributed by atoms with E-state index in [1.165, 1.54) is 5.56 Å². The monoisotopic (exact) mass is 252 g/mol. The van der Waals surface area contributed by atoms with Crippen LogP contribution in [-0.2, 0) is 9.47 Å². The van der Waals surface area contributed by atoms with Crippen LogP contribution in [0.4, 0.5) is 0 Å². The van der Waals surface area contributed by atoms with E-state index in [2.05, 4.69) is 26.0 Å². The quantitative estimate of drug-likeness (QED) is 0.689. The number of methoxy groups -OCH3 is 1. The van der Waals surface area contributed by atoms with Gasteiger partial charge in [0.2, 0.25) is 0 Å². The van der Waals surface area contributed by atoms with Gasteiger partial charge in [0.15, 0.2) is 6.29 Å². The molecule has 0 fully saturated rings. The number of hydrogen-bond donors (Lipinski definition) is 0. The Morgan fingerprint density at radius 3 is 2.11 bits per heavy atom. The van der Waals surface area contributed by atoms with E-state index in [9.17, 15) is 0 Å². The number of rotatable bonds is 7. The van der Waals surface area contributed by atoms with Crippen LogP contribution in [-0.4, -0.2) is 20.3 Å². The Morgan fingerprint density at radius 1 is 1.06 bits per heavy atom. The average Bonchev–Trinajstić information content (AvgIpc) is 2.37. The summed E-state index contributed by atoms with van der Waals surface area (Å²) in [6.45, 7) is 9.49. The third-order valence-electron chi connectivity index (χ3n) is 2.81. The van der Waals surface area contributed by atoms with E-state index in [0.29, 0.717) is 19.1 Å². The van der Waals surface area contributed by atoms with Gasteiger partial charge >= 0.3 is 0 Å². The lowest BCUT2D eigenvalue weighted by atomic mass is 10.00. The summed E-state index contributed by atoms with van der Waals surface area (Å²) >= 11 is 0. The number of benzene rings is 1. The van der Waals surface area contributed by atoms with E-state index in [1.807, 2.05) is 19.9 Å². The second-order valence-electron chi connectivity index (χ2n) is 4.40. The van der Waals surface area contributed by atoms with E-state index in [0.717, 1.165) is 11.3 Å². The molecule has 0 aromatic heterocycles. The van der Waals surface area contributed by atoms with Gasteiger partial charge in [0, 0.05) is 18.8 Å². The lowest BCUT2D eigenvalue weighted by Gasteiger charge is -2.21. The number of hydrogen-bond acceptors (Lipinski definition) is 3. The number of ether oxygens (including phenoxy) is 3. The van der Waals surface area contributed by atoms with Gasteiger partial charge in [-0.15, -0.1) is 0 Å². The van der Waals surface area contributed by atoms with Crippen LogP contribution in [0.3, 0.4) is 0 Å². The Balaban J connectivity index is 3.10. The fraction of sp³-hybridized carbons (Fsp3) is 0.600. The van der Waals surface area contributed by atoms with Crippen molar-refractivity contribution in [2.24, 2.45) is 0 Å². The van der Waals surface area contributed by atoms with E-state index in [-0.39, 0.29) is 6.29 Å². The van der Waals surface area contributed by atoms with Crippen LogP contribution in [0.15, 0.2) is 18.2 Å². The summed E-state index contributed by atoms with van der Waals surface area (Å²) in [6.07, 6.45) is -0.353.